The van der Waals surface area contributed by atoms with Gasteiger partial charge in [-0.2, -0.15) is 14.4 Å². The number of aromatic nitrogens is 4. The standard InChI is InChI=1S/C22H27F2IN6/c1-12(2)27-7-3-4-8-31-18(28-19-20(26)29-22(24)30-21(19)31)11-14-9-15-13(10-17(14)25)5-6-16(15)23/h9-10,12,16,27H,3-8,11H2,1-2H3,(H2,26,29,30). The highest BCUT2D eigenvalue weighted by Crippen LogP contribution is 2.37. The van der Waals surface area contributed by atoms with E-state index in [1.54, 1.807) is 0 Å². The Morgan fingerprint density at radius 2 is 2.06 bits per heavy atom. The second kappa shape index (κ2) is 9.32. The number of nitrogen functional groups attached to an aromatic ring is 1. The molecule has 0 fully saturated rings. The molecule has 1 aliphatic carbocycles. The van der Waals surface area contributed by atoms with Gasteiger partial charge in [0.05, 0.1) is 0 Å². The number of hydrogen-bond acceptors (Lipinski definition) is 5. The molecular weight excluding hydrogens is 513 g/mol. The zero-order valence-corrected chi connectivity index (χ0v) is 19.9. The molecule has 1 aliphatic rings. The molecule has 6 nitrogen and oxygen atoms in total. The quantitative estimate of drug-likeness (QED) is 0.250. The molecule has 0 spiro atoms. The van der Waals surface area contributed by atoms with Crippen molar-refractivity contribution >= 4 is 39.6 Å². The first kappa shape index (κ1) is 22.3. The molecule has 0 saturated carbocycles. The van der Waals surface area contributed by atoms with Gasteiger partial charge >= 0.3 is 6.08 Å². The van der Waals surface area contributed by atoms with E-state index in [2.05, 4.69) is 62.8 Å². The Bertz CT molecular complexity index is 1100. The van der Waals surface area contributed by atoms with Crippen LogP contribution in [-0.2, 0) is 19.4 Å². The highest BCUT2D eigenvalue weighted by Gasteiger charge is 2.24. The van der Waals surface area contributed by atoms with Gasteiger partial charge in [-0.3, -0.25) is 0 Å². The molecule has 31 heavy (non-hydrogen) atoms. The van der Waals surface area contributed by atoms with Gasteiger partial charge in [0.1, 0.15) is 12.0 Å². The normalized spacial score (nSPS) is 15.9. The Morgan fingerprint density at radius 3 is 2.84 bits per heavy atom. The summed E-state index contributed by atoms with van der Waals surface area (Å²) in [6, 6.07) is 4.47. The maximum Gasteiger partial charge on any atom is 0.312 e. The Kier molecular flexibility index (Phi) is 6.71. The van der Waals surface area contributed by atoms with E-state index in [9.17, 15) is 8.78 Å². The van der Waals surface area contributed by atoms with Crippen LogP contribution in [0.2, 0.25) is 0 Å². The number of benzene rings is 1. The van der Waals surface area contributed by atoms with Gasteiger partial charge in [-0.05, 0) is 77.6 Å². The van der Waals surface area contributed by atoms with E-state index in [0.29, 0.717) is 36.6 Å². The molecule has 0 aliphatic heterocycles. The van der Waals surface area contributed by atoms with Crippen molar-refractivity contribution in [1.82, 2.24) is 24.8 Å². The number of anilines is 1. The molecule has 3 N–H and O–H groups in total. The van der Waals surface area contributed by atoms with E-state index in [-0.39, 0.29) is 5.82 Å². The zero-order valence-electron chi connectivity index (χ0n) is 17.8. The summed E-state index contributed by atoms with van der Waals surface area (Å²) in [6.07, 6.45) is 1.92. The molecular formula is C22H27F2IN6. The van der Waals surface area contributed by atoms with Crippen LogP contribution in [0.1, 0.15) is 61.8 Å². The van der Waals surface area contributed by atoms with Crippen LogP contribution in [0, 0.1) is 9.65 Å². The zero-order chi connectivity index (χ0) is 22.1. The van der Waals surface area contributed by atoms with Gasteiger partial charge in [0, 0.05) is 22.6 Å². The SMILES string of the molecule is CC(C)NCCCCn1c(Cc2cc3c(cc2I)CCC3F)nc2c(N)nc(F)nc21. The minimum Gasteiger partial charge on any atom is -0.382 e. The first-order valence-electron chi connectivity index (χ1n) is 10.7. The summed E-state index contributed by atoms with van der Waals surface area (Å²) in [5, 5.41) is 3.40. The third kappa shape index (κ3) is 4.82. The Hall–Kier alpha value is -1.88. The van der Waals surface area contributed by atoms with Crippen LogP contribution in [-0.4, -0.2) is 32.1 Å². The molecule has 0 amide bonds. The molecule has 2 heterocycles. The molecule has 0 bridgehead atoms. The topological polar surface area (TPSA) is 81.7 Å². The Morgan fingerprint density at radius 1 is 1.26 bits per heavy atom. The Balaban J connectivity index is 1.65. The number of hydrogen-bond donors (Lipinski definition) is 2. The van der Waals surface area contributed by atoms with Gasteiger partial charge in [0.2, 0.25) is 0 Å². The second-order valence-corrected chi connectivity index (χ2v) is 9.53. The maximum atomic E-state index is 14.3. The van der Waals surface area contributed by atoms with E-state index in [1.807, 2.05) is 10.6 Å². The van der Waals surface area contributed by atoms with Gasteiger partial charge in [-0.15, -0.1) is 0 Å². The van der Waals surface area contributed by atoms with Gasteiger partial charge in [-0.25, -0.2) is 9.37 Å². The highest BCUT2D eigenvalue weighted by molar-refractivity contribution is 14.1. The summed E-state index contributed by atoms with van der Waals surface area (Å²) in [5.74, 6) is 0.779. The molecule has 166 valence electrons. The van der Waals surface area contributed by atoms with Crippen LogP contribution in [0.15, 0.2) is 12.1 Å². The number of fused-ring (bicyclic) bond motifs is 2. The minimum atomic E-state index is -0.909. The van der Waals surface area contributed by atoms with Crippen LogP contribution in [0.25, 0.3) is 11.2 Å². The molecule has 0 saturated heterocycles. The molecule has 1 atom stereocenters. The smallest absolute Gasteiger partial charge is 0.312 e. The number of imidazole rings is 1. The summed E-state index contributed by atoms with van der Waals surface area (Å²) >= 11 is 2.30. The highest BCUT2D eigenvalue weighted by atomic mass is 127. The number of alkyl halides is 1. The van der Waals surface area contributed by atoms with E-state index in [1.165, 1.54) is 0 Å². The lowest BCUT2D eigenvalue weighted by molar-refractivity contribution is 0.343. The number of unbranched alkanes of at least 4 members (excludes halogenated alkanes) is 1. The van der Waals surface area contributed by atoms with Crippen molar-refractivity contribution in [3.8, 4) is 0 Å². The Labute approximate surface area is 194 Å². The lowest BCUT2D eigenvalue weighted by atomic mass is 10.0. The van der Waals surface area contributed by atoms with Gasteiger partial charge in [0.25, 0.3) is 0 Å². The largest absolute Gasteiger partial charge is 0.382 e. The van der Waals surface area contributed by atoms with Crippen LogP contribution in [0.4, 0.5) is 14.6 Å². The lowest BCUT2D eigenvalue weighted by Gasteiger charge is -2.12. The fourth-order valence-corrected chi connectivity index (χ4v) is 4.85. The van der Waals surface area contributed by atoms with Crippen LogP contribution in [0.3, 0.4) is 0 Å². The molecule has 1 aromatic carbocycles. The van der Waals surface area contributed by atoms with Crippen LogP contribution >= 0.6 is 22.6 Å². The number of nitrogens with two attached hydrogens (primary N) is 1. The van der Waals surface area contributed by atoms with Crippen molar-refractivity contribution in [3.63, 3.8) is 0 Å². The minimum absolute atomic E-state index is 0.0384. The molecule has 0 radical (unpaired) electrons. The van der Waals surface area contributed by atoms with Crippen molar-refractivity contribution in [2.75, 3.05) is 12.3 Å². The summed E-state index contributed by atoms with van der Waals surface area (Å²) in [5.41, 5.74) is 9.64. The van der Waals surface area contributed by atoms with Crippen molar-refractivity contribution in [1.29, 1.82) is 0 Å². The van der Waals surface area contributed by atoms with E-state index in [0.717, 1.165) is 51.9 Å². The van der Waals surface area contributed by atoms with Crippen molar-refractivity contribution < 1.29 is 8.78 Å². The number of nitrogens with zero attached hydrogens (tertiary/aromatic N) is 4. The first-order chi connectivity index (χ1) is 14.8. The second-order valence-electron chi connectivity index (χ2n) is 8.37. The van der Waals surface area contributed by atoms with E-state index >= 15 is 0 Å². The predicted molar refractivity (Wildman–Crippen MR) is 126 cm³/mol. The third-order valence-electron chi connectivity index (χ3n) is 5.70. The molecule has 3 aromatic rings. The molecule has 9 heteroatoms. The summed E-state index contributed by atoms with van der Waals surface area (Å²) in [6.45, 7) is 5.79. The molecule has 2 aromatic heterocycles. The average molecular weight is 540 g/mol. The van der Waals surface area contributed by atoms with Crippen molar-refractivity contribution in [3.05, 3.63) is 44.3 Å². The van der Waals surface area contributed by atoms with Crippen LogP contribution in [0.5, 0.6) is 0 Å². The number of halogens is 3. The molecule has 4 rings (SSSR count). The summed E-state index contributed by atoms with van der Waals surface area (Å²) < 4.78 is 31.2. The maximum absolute atomic E-state index is 14.3. The van der Waals surface area contributed by atoms with Crippen molar-refractivity contribution in [2.24, 2.45) is 0 Å². The predicted octanol–water partition coefficient (Wildman–Crippen LogP) is 4.48. The average Bonchev–Trinajstić information content (AvgIpc) is 3.22. The van der Waals surface area contributed by atoms with Gasteiger partial charge < -0.3 is 15.6 Å². The third-order valence-corrected chi connectivity index (χ3v) is 6.70. The van der Waals surface area contributed by atoms with E-state index < -0.39 is 12.2 Å². The van der Waals surface area contributed by atoms with Gasteiger partial charge in [0.15, 0.2) is 17.0 Å². The monoisotopic (exact) mass is 540 g/mol. The number of rotatable bonds is 8. The van der Waals surface area contributed by atoms with E-state index in [4.69, 9.17) is 5.73 Å². The first-order valence-corrected chi connectivity index (χ1v) is 11.8. The summed E-state index contributed by atoms with van der Waals surface area (Å²) in [4.78, 5) is 12.3. The van der Waals surface area contributed by atoms with Crippen molar-refractivity contribution in [2.45, 2.75) is 64.7 Å². The van der Waals surface area contributed by atoms with Gasteiger partial charge in [-0.1, -0.05) is 19.9 Å². The fraction of sp³-hybridized carbons (Fsp3) is 0.500. The number of aryl methyl sites for hydroxylation is 2. The lowest BCUT2D eigenvalue weighted by Crippen LogP contribution is -2.23. The molecule has 1 unspecified atom stereocenters. The van der Waals surface area contributed by atoms with Crippen LogP contribution < -0.4 is 11.1 Å². The summed E-state index contributed by atoms with van der Waals surface area (Å²) in [7, 11) is 0. The number of nitrogens with one attached hydrogen (secondary N) is 1. The fourth-order valence-electron chi connectivity index (χ4n) is 4.12.